The molecule has 0 fully saturated rings. The number of pyridine rings is 1. The summed E-state index contributed by atoms with van der Waals surface area (Å²) < 4.78 is 5.30. The second-order valence-corrected chi connectivity index (χ2v) is 4.23. The third-order valence-electron chi connectivity index (χ3n) is 2.68. The average Bonchev–Trinajstić information content (AvgIpc) is 2.56. The number of aromatic nitrogens is 1. The highest BCUT2D eigenvalue weighted by atomic mass is 16.5. The molecule has 0 bridgehead atoms. The number of para-hydroxylation sites is 1. The quantitative estimate of drug-likeness (QED) is 0.486. The second kappa shape index (κ2) is 7.58. The Hall–Kier alpha value is -3.15. The summed E-state index contributed by atoms with van der Waals surface area (Å²) >= 11 is 0. The van der Waals surface area contributed by atoms with Crippen LogP contribution in [0.3, 0.4) is 0 Å². The zero-order valence-electron chi connectivity index (χ0n) is 11.8. The van der Waals surface area contributed by atoms with Crippen LogP contribution in [0.25, 0.3) is 0 Å². The zero-order valence-corrected chi connectivity index (χ0v) is 11.8. The Labute approximate surface area is 127 Å². The highest BCUT2D eigenvalue weighted by Gasteiger charge is 2.06. The molecule has 1 heterocycles. The topological polar surface area (TPSA) is 83.8 Å². The van der Waals surface area contributed by atoms with Crippen molar-refractivity contribution in [1.29, 1.82) is 0 Å². The maximum atomic E-state index is 11.8. The molecule has 2 N–H and O–H groups in total. The highest BCUT2D eigenvalue weighted by Crippen LogP contribution is 2.28. The van der Waals surface area contributed by atoms with E-state index in [9.17, 15) is 9.90 Å². The monoisotopic (exact) mass is 297 g/mol. The third kappa shape index (κ3) is 3.92. The maximum Gasteiger partial charge on any atom is 0.272 e. The van der Waals surface area contributed by atoms with Crippen molar-refractivity contribution in [3.8, 4) is 11.5 Å². The largest absolute Gasteiger partial charge is 0.504 e. The Bertz CT molecular complexity index is 684. The molecule has 6 nitrogen and oxygen atoms in total. The van der Waals surface area contributed by atoms with Gasteiger partial charge in [0, 0.05) is 18.0 Å². The molecule has 1 aromatic heterocycles. The van der Waals surface area contributed by atoms with E-state index in [1.807, 2.05) is 0 Å². The van der Waals surface area contributed by atoms with Gasteiger partial charge in [0.1, 0.15) is 6.61 Å². The van der Waals surface area contributed by atoms with Crippen LogP contribution in [0.1, 0.15) is 15.9 Å². The molecule has 0 aliphatic rings. The number of benzene rings is 1. The molecule has 0 aliphatic heterocycles. The molecule has 22 heavy (non-hydrogen) atoms. The van der Waals surface area contributed by atoms with Crippen molar-refractivity contribution in [3.05, 3.63) is 66.5 Å². The average molecular weight is 297 g/mol. The molecule has 0 aliphatic carbocycles. The number of hydrazone groups is 1. The van der Waals surface area contributed by atoms with Crippen molar-refractivity contribution in [2.24, 2.45) is 5.10 Å². The number of nitrogens with zero attached hydrogens (tertiary/aromatic N) is 2. The summed E-state index contributed by atoms with van der Waals surface area (Å²) in [5.41, 5.74) is 3.18. The van der Waals surface area contributed by atoms with Gasteiger partial charge in [0.25, 0.3) is 5.91 Å². The van der Waals surface area contributed by atoms with Crippen LogP contribution in [0.4, 0.5) is 0 Å². The molecule has 0 saturated heterocycles. The molecule has 2 aromatic rings. The third-order valence-corrected chi connectivity index (χ3v) is 2.68. The summed E-state index contributed by atoms with van der Waals surface area (Å²) in [4.78, 5) is 15.6. The van der Waals surface area contributed by atoms with Crippen molar-refractivity contribution < 1.29 is 14.6 Å². The van der Waals surface area contributed by atoms with Gasteiger partial charge in [-0.3, -0.25) is 9.78 Å². The van der Waals surface area contributed by atoms with Crippen molar-refractivity contribution in [1.82, 2.24) is 10.4 Å². The summed E-state index contributed by atoms with van der Waals surface area (Å²) in [6.07, 6.45) is 5.93. The van der Waals surface area contributed by atoms with E-state index in [2.05, 4.69) is 22.1 Å². The molecule has 0 spiro atoms. The van der Waals surface area contributed by atoms with Gasteiger partial charge in [-0.05, 0) is 24.3 Å². The second-order valence-electron chi connectivity index (χ2n) is 4.23. The smallest absolute Gasteiger partial charge is 0.272 e. The first-order valence-electron chi connectivity index (χ1n) is 6.51. The van der Waals surface area contributed by atoms with Crippen LogP contribution in [0.5, 0.6) is 11.5 Å². The molecule has 0 saturated carbocycles. The normalized spacial score (nSPS) is 10.4. The van der Waals surface area contributed by atoms with Crippen LogP contribution >= 0.6 is 0 Å². The van der Waals surface area contributed by atoms with E-state index in [4.69, 9.17) is 4.74 Å². The predicted octanol–water partition coefficient (Wildman–Crippen LogP) is 2.12. The Balaban J connectivity index is 2.04. The number of hydrogen-bond acceptors (Lipinski definition) is 5. The number of nitrogens with one attached hydrogen (secondary N) is 1. The van der Waals surface area contributed by atoms with E-state index in [0.717, 1.165) is 0 Å². The summed E-state index contributed by atoms with van der Waals surface area (Å²) in [7, 11) is 0. The summed E-state index contributed by atoms with van der Waals surface area (Å²) in [5, 5.41) is 13.8. The molecule has 1 amide bonds. The Morgan fingerprint density at radius 2 is 2.27 bits per heavy atom. The molecular weight excluding hydrogens is 282 g/mol. The number of amides is 1. The maximum absolute atomic E-state index is 11.8. The SMILES string of the molecule is C=CCOc1cccc(/C=N\NC(=O)c2cccnc2)c1O. The molecule has 6 heteroatoms. The Morgan fingerprint density at radius 1 is 1.41 bits per heavy atom. The fraction of sp³-hybridized carbons (Fsp3) is 0.0625. The van der Waals surface area contributed by atoms with Crippen molar-refractivity contribution >= 4 is 12.1 Å². The predicted molar refractivity (Wildman–Crippen MR) is 83.1 cm³/mol. The van der Waals surface area contributed by atoms with Gasteiger partial charge >= 0.3 is 0 Å². The van der Waals surface area contributed by atoms with E-state index >= 15 is 0 Å². The minimum absolute atomic E-state index is 0.0521. The molecular formula is C16H15N3O3. The molecule has 1 aromatic carbocycles. The van der Waals surface area contributed by atoms with Crippen LogP contribution in [0.2, 0.25) is 0 Å². The Morgan fingerprint density at radius 3 is 3.00 bits per heavy atom. The van der Waals surface area contributed by atoms with Crippen LogP contribution < -0.4 is 10.2 Å². The standard InChI is InChI=1S/C16H15N3O3/c1-2-9-22-14-7-3-5-12(15(14)20)11-18-19-16(21)13-6-4-8-17-10-13/h2-8,10-11,20H,1,9H2,(H,19,21)/b18-11-. The van der Waals surface area contributed by atoms with E-state index < -0.39 is 0 Å². The Kier molecular flexibility index (Phi) is 5.25. The van der Waals surface area contributed by atoms with Gasteiger partial charge in [-0.25, -0.2) is 5.43 Å². The van der Waals surface area contributed by atoms with Crippen LogP contribution in [-0.2, 0) is 0 Å². The number of carbonyl (C=O) groups is 1. The fourth-order valence-electron chi connectivity index (χ4n) is 1.63. The highest BCUT2D eigenvalue weighted by molar-refractivity contribution is 5.94. The van der Waals surface area contributed by atoms with Gasteiger partial charge in [0.15, 0.2) is 11.5 Å². The number of phenols is 1. The van der Waals surface area contributed by atoms with Gasteiger partial charge in [-0.15, -0.1) is 0 Å². The summed E-state index contributed by atoms with van der Waals surface area (Å²) in [6, 6.07) is 8.27. The van der Waals surface area contributed by atoms with Gasteiger partial charge in [0.05, 0.1) is 11.8 Å². The molecule has 2 rings (SSSR count). The lowest BCUT2D eigenvalue weighted by molar-refractivity contribution is 0.0954. The van der Waals surface area contributed by atoms with E-state index in [1.165, 1.54) is 12.4 Å². The number of carbonyl (C=O) groups excluding carboxylic acids is 1. The molecule has 0 atom stereocenters. The first-order chi connectivity index (χ1) is 10.7. The zero-order chi connectivity index (χ0) is 15.8. The number of aromatic hydroxyl groups is 1. The van der Waals surface area contributed by atoms with Crippen LogP contribution in [-0.4, -0.2) is 28.8 Å². The summed E-state index contributed by atoms with van der Waals surface area (Å²) in [6.45, 7) is 3.82. The van der Waals surface area contributed by atoms with Gasteiger partial charge < -0.3 is 9.84 Å². The lowest BCUT2D eigenvalue weighted by Crippen LogP contribution is -2.17. The number of rotatable bonds is 6. The van der Waals surface area contributed by atoms with Crippen molar-refractivity contribution in [2.75, 3.05) is 6.61 Å². The summed E-state index contributed by atoms with van der Waals surface area (Å²) in [5.74, 6) is -0.117. The van der Waals surface area contributed by atoms with Gasteiger partial charge in [-0.1, -0.05) is 18.7 Å². The number of ether oxygens (including phenoxy) is 1. The van der Waals surface area contributed by atoms with Crippen LogP contribution in [0.15, 0.2) is 60.5 Å². The van der Waals surface area contributed by atoms with Gasteiger partial charge in [-0.2, -0.15) is 5.10 Å². The minimum Gasteiger partial charge on any atom is -0.504 e. The van der Waals surface area contributed by atoms with E-state index in [1.54, 1.807) is 42.6 Å². The van der Waals surface area contributed by atoms with Gasteiger partial charge in [0.2, 0.25) is 0 Å². The van der Waals surface area contributed by atoms with E-state index in [0.29, 0.717) is 16.9 Å². The lowest BCUT2D eigenvalue weighted by Gasteiger charge is -2.07. The minimum atomic E-state index is -0.386. The van der Waals surface area contributed by atoms with Crippen LogP contribution in [0, 0.1) is 0 Å². The van der Waals surface area contributed by atoms with Crippen molar-refractivity contribution in [3.63, 3.8) is 0 Å². The first-order valence-corrected chi connectivity index (χ1v) is 6.51. The molecule has 0 radical (unpaired) electrons. The van der Waals surface area contributed by atoms with E-state index in [-0.39, 0.29) is 18.3 Å². The van der Waals surface area contributed by atoms with Crippen molar-refractivity contribution in [2.45, 2.75) is 0 Å². The molecule has 112 valence electrons. The first kappa shape index (κ1) is 15.2. The lowest BCUT2D eigenvalue weighted by atomic mass is 10.2. The number of phenolic OH excluding ortho intramolecular Hbond substituents is 1. The molecule has 0 unspecified atom stereocenters. The number of hydrogen-bond donors (Lipinski definition) is 2. The fourth-order valence-corrected chi connectivity index (χ4v) is 1.63.